The van der Waals surface area contributed by atoms with E-state index < -0.39 is 35.2 Å². The topological polar surface area (TPSA) is 64.9 Å². The van der Waals surface area contributed by atoms with Crippen molar-refractivity contribution >= 4 is 49.9 Å². The normalized spacial score (nSPS) is 23.6. The minimum atomic E-state index is -0.784. The summed E-state index contributed by atoms with van der Waals surface area (Å²) >= 11 is -0.542. The monoisotopic (exact) mass is 618 g/mol. The average molecular weight is 620 g/mol. The van der Waals surface area contributed by atoms with Crippen LogP contribution in [-0.4, -0.2) is 73.5 Å². The number of hydrogen-bond acceptors (Lipinski definition) is 4. The van der Waals surface area contributed by atoms with Gasteiger partial charge in [0.25, 0.3) is 0 Å². The molecule has 5 nitrogen and oxygen atoms in total. The molecule has 0 aromatic heterocycles. The number of carboxylic acid groups (broad SMARTS) is 1. The van der Waals surface area contributed by atoms with E-state index in [9.17, 15) is 4.79 Å². The summed E-state index contributed by atoms with van der Waals surface area (Å²) in [4.78, 5) is 17.1. The zero-order chi connectivity index (χ0) is 21.9. The molecule has 0 saturated carbocycles. The fourth-order valence-corrected chi connectivity index (χ4v) is 8.83. The summed E-state index contributed by atoms with van der Waals surface area (Å²) in [6, 6.07) is 17.3. The number of benzene rings is 2. The summed E-state index contributed by atoms with van der Waals surface area (Å²) in [7, 11) is 0. The van der Waals surface area contributed by atoms with E-state index in [4.69, 9.17) is 5.11 Å². The molecule has 165 valence electrons. The minimum absolute atomic E-state index is 0. The van der Waals surface area contributed by atoms with Crippen molar-refractivity contribution in [1.29, 1.82) is 0 Å². The van der Waals surface area contributed by atoms with Gasteiger partial charge in [0.1, 0.15) is 6.04 Å². The van der Waals surface area contributed by atoms with E-state index in [0.29, 0.717) is 6.42 Å². The zero-order valence-corrected chi connectivity index (χ0v) is 24.3. The molecule has 33 heavy (non-hydrogen) atoms. The summed E-state index contributed by atoms with van der Waals surface area (Å²) in [5, 5.41) is 11.7. The van der Waals surface area contributed by atoms with E-state index in [0.717, 1.165) is 39.3 Å². The second-order valence-electron chi connectivity index (χ2n) is 8.47. The molecule has 3 atom stereocenters. The molecule has 4 aliphatic rings. The van der Waals surface area contributed by atoms with Crippen molar-refractivity contribution in [2.75, 3.05) is 19.6 Å². The van der Waals surface area contributed by atoms with Gasteiger partial charge >= 0.3 is 132 Å². The van der Waals surface area contributed by atoms with Gasteiger partial charge in [-0.2, -0.15) is 0 Å². The molecule has 2 N–H and O–H groups in total. The molecule has 0 bridgehead atoms. The van der Waals surface area contributed by atoms with Gasteiger partial charge in [0.15, 0.2) is 5.96 Å². The Hall–Kier alpha value is -1.59. The van der Waals surface area contributed by atoms with Gasteiger partial charge in [-0.15, -0.1) is 0 Å². The second kappa shape index (κ2) is 11.2. The average Bonchev–Trinajstić information content (AvgIpc) is 3.44. The molecule has 2 aromatic carbocycles. The van der Waals surface area contributed by atoms with Gasteiger partial charge in [-0.05, 0) is 12.8 Å². The molecule has 3 unspecified atom stereocenters. The summed E-state index contributed by atoms with van der Waals surface area (Å²) in [5.41, 5.74) is 5.99. The molecule has 2 aliphatic heterocycles. The third-order valence-corrected chi connectivity index (χ3v) is 10.6. The third kappa shape index (κ3) is 5.57. The molecule has 1 fully saturated rings. The predicted octanol–water partition coefficient (Wildman–Crippen LogP) is 3.72. The Bertz CT molecular complexity index is 1040. The van der Waals surface area contributed by atoms with Crippen molar-refractivity contribution in [3.63, 3.8) is 0 Å². The van der Waals surface area contributed by atoms with Crippen LogP contribution in [0.3, 0.4) is 0 Å². The molecule has 7 heteroatoms. The number of carboxylic acids is 1. The van der Waals surface area contributed by atoms with Gasteiger partial charge < -0.3 is 15.3 Å². The summed E-state index contributed by atoms with van der Waals surface area (Å²) in [6.07, 6.45) is 11.2. The van der Waals surface area contributed by atoms with Crippen LogP contribution in [0.2, 0.25) is 0 Å². The molecule has 2 aliphatic carbocycles. The fraction of sp³-hybridized carbons (Fsp3) is 0.308. The first-order chi connectivity index (χ1) is 15.7. The number of allylic oxidation sites excluding steroid dienone is 2. The zero-order valence-electron chi connectivity index (χ0n) is 18.5. The Morgan fingerprint density at radius 3 is 2.18 bits per heavy atom. The van der Waals surface area contributed by atoms with Gasteiger partial charge in [-0.25, -0.2) is 4.79 Å². The third-order valence-electron chi connectivity index (χ3n) is 6.39. The van der Waals surface area contributed by atoms with Crippen LogP contribution < -0.4 is 5.32 Å². The molecule has 2 aromatic rings. The molecule has 2 heterocycles. The number of aliphatic imine (C=N–C) groups is 1. The number of fused-ring (bicyclic) bond motifs is 3. The molecule has 0 amide bonds. The molecular weight excluding hydrogens is 592 g/mol. The maximum Gasteiger partial charge on any atom is 0.326 e. The Morgan fingerprint density at radius 1 is 0.970 bits per heavy atom. The first-order valence-electron chi connectivity index (χ1n) is 11.3. The van der Waals surface area contributed by atoms with E-state index in [1.165, 1.54) is 11.1 Å². The van der Waals surface area contributed by atoms with Crippen molar-refractivity contribution in [2.24, 2.45) is 4.99 Å². The molecule has 3 radical (unpaired) electrons. The van der Waals surface area contributed by atoms with Crippen LogP contribution in [0, 0.1) is 0 Å². The number of guanidine groups is 1. The van der Waals surface area contributed by atoms with Crippen molar-refractivity contribution < 1.29 is 33.1 Å². The van der Waals surface area contributed by atoms with E-state index in [1.807, 2.05) is 0 Å². The molecular formula is C26H27InN3O2Zr. The summed E-state index contributed by atoms with van der Waals surface area (Å²) < 4.78 is 1.47. The predicted molar refractivity (Wildman–Crippen MR) is 130 cm³/mol. The maximum atomic E-state index is 10.7. The van der Waals surface area contributed by atoms with E-state index in [1.54, 1.807) is 11.1 Å². The Labute approximate surface area is 225 Å². The maximum absolute atomic E-state index is 10.7. The number of carbonyl (C=O) groups is 1. The van der Waals surface area contributed by atoms with Gasteiger partial charge in [0, 0.05) is 45.5 Å². The first kappa shape index (κ1) is 24.5. The van der Waals surface area contributed by atoms with Crippen LogP contribution >= 0.6 is 0 Å². The largest absolute Gasteiger partial charge is 0.480 e. The molecule has 0 spiro atoms. The van der Waals surface area contributed by atoms with Crippen molar-refractivity contribution in [3.05, 3.63) is 82.9 Å². The Balaban J connectivity index is 0.000000164. The van der Waals surface area contributed by atoms with Gasteiger partial charge in [0.05, 0.1) is 0 Å². The number of nitrogens with one attached hydrogen (secondary N) is 1. The van der Waals surface area contributed by atoms with E-state index in [-0.39, 0.29) is 25.8 Å². The SMILES string of the molecule is C1=C[CH]([Zr][CH]2C=Cc3ccccc32)c2ccccc21.O=C(O)C1CCN2CCCN=C2N1.[In]. The number of rotatable bonds is 3. The number of hydrogen-bond donors (Lipinski definition) is 2. The minimum Gasteiger partial charge on any atom is -0.480 e. The van der Waals surface area contributed by atoms with Crippen LogP contribution in [0.25, 0.3) is 12.2 Å². The van der Waals surface area contributed by atoms with Crippen molar-refractivity contribution in [2.45, 2.75) is 26.1 Å². The van der Waals surface area contributed by atoms with Gasteiger partial charge in [0.2, 0.25) is 0 Å². The van der Waals surface area contributed by atoms with E-state index in [2.05, 4.69) is 88.0 Å². The van der Waals surface area contributed by atoms with Crippen LogP contribution in [0.5, 0.6) is 0 Å². The van der Waals surface area contributed by atoms with Gasteiger partial charge in [-0.3, -0.25) is 4.99 Å². The number of aliphatic carboxylic acids is 1. The second-order valence-corrected chi connectivity index (χ2v) is 12.3. The summed E-state index contributed by atoms with van der Waals surface area (Å²) in [5.74, 6) is -0.0159. The van der Waals surface area contributed by atoms with Crippen LogP contribution in [0.15, 0.2) is 65.7 Å². The Kier molecular flexibility index (Phi) is 8.35. The van der Waals surface area contributed by atoms with E-state index >= 15 is 0 Å². The Morgan fingerprint density at radius 2 is 1.58 bits per heavy atom. The first-order valence-corrected chi connectivity index (χ1v) is 14.1. The van der Waals surface area contributed by atoms with Crippen molar-refractivity contribution in [1.82, 2.24) is 10.2 Å². The van der Waals surface area contributed by atoms with Crippen LogP contribution in [-0.2, 0) is 28.0 Å². The quantitative estimate of drug-likeness (QED) is 0.550. The smallest absolute Gasteiger partial charge is 0.326 e. The number of nitrogens with zero attached hydrogens (tertiary/aromatic N) is 2. The van der Waals surface area contributed by atoms with Crippen LogP contribution in [0.4, 0.5) is 0 Å². The fourth-order valence-electron chi connectivity index (χ4n) is 4.69. The standard InChI is InChI=1S/2C9H7.C8H13N3O2.In.Zr/c2*1-2-5-9-7-3-6-8(9)4-1;12-7(13)6-2-5-11-4-1-3-9-8(11)10-6;;/h2*1-7H;6H,1-5H2,(H,9,10)(H,12,13);;. The van der Waals surface area contributed by atoms with Gasteiger partial charge in [-0.1, -0.05) is 0 Å². The van der Waals surface area contributed by atoms with Crippen molar-refractivity contribution in [3.8, 4) is 0 Å². The summed E-state index contributed by atoms with van der Waals surface area (Å²) in [6.45, 7) is 2.62. The molecule has 6 rings (SSSR count). The van der Waals surface area contributed by atoms with Crippen LogP contribution in [0.1, 0.15) is 42.3 Å². The molecule has 1 saturated heterocycles.